The van der Waals surface area contributed by atoms with Crippen LogP contribution in [-0.2, 0) is 42.9 Å². The molecule has 0 bridgehead atoms. The van der Waals surface area contributed by atoms with Gasteiger partial charge in [0.1, 0.15) is 18.8 Å². The number of esters is 3. The van der Waals surface area contributed by atoms with Crippen molar-refractivity contribution in [1.82, 2.24) is 0 Å². The van der Waals surface area contributed by atoms with Gasteiger partial charge in [-0.3, -0.25) is 14.4 Å². The largest absolute Gasteiger partial charge is 0.479 e. The number of aliphatic carboxylic acids is 1. The van der Waals surface area contributed by atoms with Crippen LogP contribution in [0.2, 0.25) is 0 Å². The lowest BCUT2D eigenvalue weighted by atomic mass is 9.98. The van der Waals surface area contributed by atoms with Gasteiger partial charge in [-0.2, -0.15) is 0 Å². The summed E-state index contributed by atoms with van der Waals surface area (Å²) in [5, 5.41) is 31.5. The Bertz CT molecular complexity index is 1820. The number of aliphatic hydroxyl groups is 2. The molecule has 0 saturated carbocycles. The minimum absolute atomic E-state index is 0.0271. The number of carbonyl (C=O) groups is 4. The molecule has 12 heteroatoms. The van der Waals surface area contributed by atoms with Crippen molar-refractivity contribution in [1.29, 1.82) is 0 Å². The lowest BCUT2D eigenvalue weighted by Gasteiger charge is -2.40. The first kappa shape index (κ1) is 74.4. The van der Waals surface area contributed by atoms with Crippen molar-refractivity contribution in [3.8, 4) is 0 Å². The van der Waals surface area contributed by atoms with Crippen LogP contribution in [0.1, 0.15) is 252 Å². The lowest BCUT2D eigenvalue weighted by Crippen LogP contribution is -2.61. The van der Waals surface area contributed by atoms with E-state index in [1.165, 1.54) is 96.3 Å². The molecular formula is C69H112O12. The van der Waals surface area contributed by atoms with E-state index in [1.54, 1.807) is 0 Å². The highest BCUT2D eigenvalue weighted by Crippen LogP contribution is 2.26. The first-order chi connectivity index (χ1) is 39.6. The zero-order chi connectivity index (χ0) is 58.9. The number of carbonyl (C=O) groups excluding carboxylic acids is 3. The van der Waals surface area contributed by atoms with Gasteiger partial charge in [0.2, 0.25) is 0 Å². The van der Waals surface area contributed by atoms with E-state index in [0.29, 0.717) is 25.7 Å². The number of ether oxygens (including phenoxy) is 5. The standard InChI is InChI=1S/C69H112O12/c1-4-7-10-13-16-19-22-25-28-30-31-33-35-37-40-43-46-49-52-55-61(70)77-58-60(79-62(71)56-53-50-47-44-41-38-34-27-24-21-18-15-12-9-6-3)59-78-69-67(65(74)64(73)66(81-69)68(75)76)80-63(72)57-54-51-48-45-42-39-36-32-29-26-23-20-17-14-11-8-5-2/h8-9,11-12,17-18,20-21,26-27,29,34,36,39,41,44-45,48,60,64-67,69,73-74H,4-7,10,13-16,19,22-25,28,30-33,35,37-38,40,42-43,46-47,49-59H2,1-3H3,(H,75,76)/b11-8-,12-9-,20-17-,21-18-,29-26-,34-27-,39-36-,44-41-,48-45-. The number of carboxylic acids is 1. The zero-order valence-corrected chi connectivity index (χ0v) is 50.7. The summed E-state index contributed by atoms with van der Waals surface area (Å²) < 4.78 is 28.4. The van der Waals surface area contributed by atoms with E-state index >= 15 is 0 Å². The maximum absolute atomic E-state index is 13.2. The number of hydrogen-bond acceptors (Lipinski definition) is 11. The second-order valence-electron chi connectivity index (χ2n) is 21.3. The summed E-state index contributed by atoms with van der Waals surface area (Å²) in [6, 6.07) is 0. The van der Waals surface area contributed by atoms with Gasteiger partial charge in [0, 0.05) is 19.3 Å². The van der Waals surface area contributed by atoms with Gasteiger partial charge in [-0.05, 0) is 96.3 Å². The fraction of sp³-hybridized carbons (Fsp3) is 0.681. The lowest BCUT2D eigenvalue weighted by molar-refractivity contribution is -0.301. The van der Waals surface area contributed by atoms with Crippen LogP contribution in [0.25, 0.3) is 0 Å². The average molecular weight is 1130 g/mol. The van der Waals surface area contributed by atoms with Crippen LogP contribution in [0.15, 0.2) is 109 Å². The molecule has 6 atom stereocenters. The first-order valence-corrected chi connectivity index (χ1v) is 31.9. The van der Waals surface area contributed by atoms with Gasteiger partial charge in [0.05, 0.1) is 6.61 Å². The number of allylic oxidation sites excluding steroid dienone is 18. The highest BCUT2D eigenvalue weighted by atomic mass is 16.7. The normalized spacial score (nSPS) is 18.5. The minimum Gasteiger partial charge on any atom is -0.479 e. The van der Waals surface area contributed by atoms with Crippen LogP contribution in [-0.4, -0.2) is 89.2 Å². The monoisotopic (exact) mass is 1130 g/mol. The van der Waals surface area contributed by atoms with E-state index in [2.05, 4.69) is 118 Å². The van der Waals surface area contributed by atoms with Crippen molar-refractivity contribution in [2.75, 3.05) is 13.2 Å². The van der Waals surface area contributed by atoms with Gasteiger partial charge >= 0.3 is 23.9 Å². The Labute approximate surface area is 491 Å². The van der Waals surface area contributed by atoms with Crippen molar-refractivity contribution < 1.29 is 58.2 Å². The van der Waals surface area contributed by atoms with Gasteiger partial charge < -0.3 is 39.0 Å². The summed E-state index contributed by atoms with van der Waals surface area (Å²) in [7, 11) is 0. The molecule has 6 unspecified atom stereocenters. The van der Waals surface area contributed by atoms with Crippen LogP contribution < -0.4 is 0 Å². The molecule has 1 fully saturated rings. The van der Waals surface area contributed by atoms with Crippen molar-refractivity contribution in [2.45, 2.75) is 289 Å². The maximum Gasteiger partial charge on any atom is 0.335 e. The minimum atomic E-state index is -1.93. The molecule has 460 valence electrons. The fourth-order valence-electron chi connectivity index (χ4n) is 9.04. The zero-order valence-electron chi connectivity index (χ0n) is 50.7. The molecule has 0 radical (unpaired) electrons. The Kier molecular flexibility index (Phi) is 51.3. The van der Waals surface area contributed by atoms with E-state index in [1.807, 2.05) is 12.2 Å². The Morgan fingerprint density at radius 3 is 1.22 bits per heavy atom. The highest BCUT2D eigenvalue weighted by molar-refractivity contribution is 5.74. The summed E-state index contributed by atoms with van der Waals surface area (Å²) in [5.74, 6) is -3.26. The van der Waals surface area contributed by atoms with E-state index < -0.39 is 67.3 Å². The average Bonchev–Trinajstić information content (AvgIpc) is 3.53. The summed E-state index contributed by atoms with van der Waals surface area (Å²) in [6.07, 6.45) is 63.5. The van der Waals surface area contributed by atoms with Gasteiger partial charge in [-0.15, -0.1) is 0 Å². The summed E-state index contributed by atoms with van der Waals surface area (Å²) in [4.78, 5) is 51.3. The molecule has 1 rings (SSSR count). The summed E-state index contributed by atoms with van der Waals surface area (Å²) >= 11 is 0. The van der Waals surface area contributed by atoms with Crippen molar-refractivity contribution in [3.63, 3.8) is 0 Å². The number of unbranched alkanes of at least 4 members (excludes halogenated alkanes) is 21. The molecular weight excluding hydrogens is 1020 g/mol. The fourth-order valence-corrected chi connectivity index (χ4v) is 9.04. The molecule has 0 aromatic heterocycles. The third-order valence-electron chi connectivity index (χ3n) is 13.8. The Hall–Kier alpha value is -4.62. The van der Waals surface area contributed by atoms with Crippen LogP contribution in [0.4, 0.5) is 0 Å². The number of rotatable bonds is 53. The van der Waals surface area contributed by atoms with E-state index in [-0.39, 0.29) is 25.9 Å². The predicted octanol–water partition coefficient (Wildman–Crippen LogP) is 17.0. The van der Waals surface area contributed by atoms with E-state index in [9.17, 15) is 34.5 Å². The van der Waals surface area contributed by atoms with Crippen LogP contribution in [0, 0.1) is 0 Å². The van der Waals surface area contributed by atoms with Crippen LogP contribution in [0.5, 0.6) is 0 Å². The highest BCUT2D eigenvalue weighted by Gasteiger charge is 2.50. The van der Waals surface area contributed by atoms with Crippen molar-refractivity contribution in [2.24, 2.45) is 0 Å². The second-order valence-corrected chi connectivity index (χ2v) is 21.3. The number of carboxylic acid groups (broad SMARTS) is 1. The van der Waals surface area contributed by atoms with E-state index in [0.717, 1.165) is 89.9 Å². The third kappa shape index (κ3) is 45.6. The van der Waals surface area contributed by atoms with Crippen LogP contribution in [0.3, 0.4) is 0 Å². The molecule has 0 aromatic rings. The quantitative estimate of drug-likeness (QED) is 0.0228. The molecule has 1 aliphatic heterocycles. The molecule has 0 spiro atoms. The molecule has 0 aromatic carbocycles. The summed E-state index contributed by atoms with van der Waals surface area (Å²) in [5.41, 5.74) is 0. The number of hydrogen-bond donors (Lipinski definition) is 3. The molecule has 0 aliphatic carbocycles. The third-order valence-corrected chi connectivity index (χ3v) is 13.8. The van der Waals surface area contributed by atoms with Crippen LogP contribution >= 0.6 is 0 Å². The maximum atomic E-state index is 13.2. The Morgan fingerprint density at radius 1 is 0.420 bits per heavy atom. The molecule has 12 nitrogen and oxygen atoms in total. The molecule has 81 heavy (non-hydrogen) atoms. The Balaban J connectivity index is 2.71. The van der Waals surface area contributed by atoms with Crippen molar-refractivity contribution in [3.05, 3.63) is 109 Å². The molecule has 1 saturated heterocycles. The first-order valence-electron chi connectivity index (χ1n) is 31.9. The van der Waals surface area contributed by atoms with Gasteiger partial charge in [-0.25, -0.2) is 4.79 Å². The van der Waals surface area contributed by atoms with Gasteiger partial charge in [-0.1, -0.05) is 246 Å². The Morgan fingerprint density at radius 2 is 0.790 bits per heavy atom. The van der Waals surface area contributed by atoms with Gasteiger partial charge in [0.25, 0.3) is 0 Å². The topological polar surface area (TPSA) is 175 Å². The molecule has 0 amide bonds. The molecule has 3 N–H and O–H groups in total. The smallest absolute Gasteiger partial charge is 0.335 e. The summed E-state index contributed by atoms with van der Waals surface area (Å²) in [6.45, 7) is 5.73. The second kappa shape index (κ2) is 55.9. The van der Waals surface area contributed by atoms with E-state index in [4.69, 9.17) is 23.7 Å². The molecule has 1 heterocycles. The van der Waals surface area contributed by atoms with Crippen molar-refractivity contribution >= 4 is 23.9 Å². The predicted molar refractivity (Wildman–Crippen MR) is 330 cm³/mol. The number of aliphatic hydroxyl groups excluding tert-OH is 2. The van der Waals surface area contributed by atoms with Gasteiger partial charge in [0.15, 0.2) is 24.6 Å². The SMILES string of the molecule is CC/C=C\C/C=C\C/C=C\C/C=C\C/C=C\CCCC(=O)OC1C(OCC(COC(=O)CCCCCCCCCCCCCCCCCCCCC)OC(=O)CCCC/C=C\C/C=C\C/C=C\C/C=C\CC)OC(C(=O)O)C(O)C1O. The molecule has 1 aliphatic rings.